The van der Waals surface area contributed by atoms with Gasteiger partial charge in [0.15, 0.2) is 0 Å². The van der Waals surface area contributed by atoms with Gasteiger partial charge in [-0.2, -0.15) is 0 Å². The van der Waals surface area contributed by atoms with Crippen LogP contribution in [-0.4, -0.2) is 49.1 Å². The Morgan fingerprint density at radius 1 is 1.04 bits per heavy atom. The van der Waals surface area contributed by atoms with Crippen molar-refractivity contribution in [2.45, 2.75) is 43.7 Å². The number of hydrazine groups is 1. The standard InChI is InChI=1S/C19H28N4O/c24-19(18-16-13-20-10-8-17(16)21-22-18)23-11-4-7-15(9-12-23)14-5-2-1-3-6-14/h1-3,5-6,15-18,20-22H,4,7-13H2. The van der Waals surface area contributed by atoms with Crippen LogP contribution in [0.4, 0.5) is 0 Å². The first-order valence-corrected chi connectivity index (χ1v) is 9.38. The molecule has 3 fully saturated rings. The van der Waals surface area contributed by atoms with E-state index in [0.29, 0.717) is 17.9 Å². The molecule has 4 rings (SSSR count). The van der Waals surface area contributed by atoms with E-state index in [9.17, 15) is 4.79 Å². The molecule has 0 spiro atoms. The third-order valence-electron chi connectivity index (χ3n) is 5.96. The molecular weight excluding hydrogens is 300 g/mol. The molecule has 0 aromatic heterocycles. The molecule has 0 radical (unpaired) electrons. The molecule has 0 bridgehead atoms. The summed E-state index contributed by atoms with van der Waals surface area (Å²) in [6, 6.07) is 11.1. The van der Waals surface area contributed by atoms with E-state index in [1.165, 1.54) is 12.0 Å². The van der Waals surface area contributed by atoms with E-state index in [1.807, 2.05) is 0 Å². The summed E-state index contributed by atoms with van der Waals surface area (Å²) in [4.78, 5) is 15.1. The number of nitrogens with zero attached hydrogens (tertiary/aromatic N) is 1. The van der Waals surface area contributed by atoms with E-state index in [-0.39, 0.29) is 11.9 Å². The zero-order chi connectivity index (χ0) is 16.4. The van der Waals surface area contributed by atoms with Gasteiger partial charge in [-0.1, -0.05) is 30.3 Å². The fourth-order valence-corrected chi connectivity index (χ4v) is 4.53. The van der Waals surface area contributed by atoms with Gasteiger partial charge in [0.05, 0.1) is 0 Å². The van der Waals surface area contributed by atoms with Crippen molar-refractivity contribution in [3.63, 3.8) is 0 Å². The summed E-state index contributed by atoms with van der Waals surface area (Å²) in [6.45, 7) is 3.74. The topological polar surface area (TPSA) is 56.4 Å². The Morgan fingerprint density at radius 3 is 2.79 bits per heavy atom. The molecule has 4 atom stereocenters. The molecule has 5 heteroatoms. The van der Waals surface area contributed by atoms with Crippen molar-refractivity contribution in [2.24, 2.45) is 5.92 Å². The molecular formula is C19H28N4O. The summed E-state index contributed by atoms with van der Waals surface area (Å²) in [5.74, 6) is 1.24. The maximum Gasteiger partial charge on any atom is 0.241 e. The van der Waals surface area contributed by atoms with Crippen LogP contribution in [0.2, 0.25) is 0 Å². The van der Waals surface area contributed by atoms with E-state index in [1.54, 1.807) is 0 Å². The highest BCUT2D eigenvalue weighted by molar-refractivity contribution is 5.82. The fraction of sp³-hybridized carbons (Fsp3) is 0.632. The minimum atomic E-state index is -0.0731. The number of rotatable bonds is 2. The van der Waals surface area contributed by atoms with Crippen molar-refractivity contribution in [1.82, 2.24) is 21.1 Å². The lowest BCUT2D eigenvalue weighted by Gasteiger charge is -2.30. The summed E-state index contributed by atoms with van der Waals surface area (Å²) < 4.78 is 0. The Morgan fingerprint density at radius 2 is 1.92 bits per heavy atom. The lowest BCUT2D eigenvalue weighted by molar-refractivity contribution is -0.134. The number of nitrogens with one attached hydrogen (secondary N) is 3. The van der Waals surface area contributed by atoms with Crippen molar-refractivity contribution in [3.05, 3.63) is 35.9 Å². The smallest absolute Gasteiger partial charge is 0.241 e. The molecule has 130 valence electrons. The quantitative estimate of drug-likeness (QED) is 0.764. The first kappa shape index (κ1) is 16.1. The minimum absolute atomic E-state index is 0.0731. The molecule has 3 heterocycles. The molecule has 1 amide bonds. The van der Waals surface area contributed by atoms with E-state index < -0.39 is 0 Å². The van der Waals surface area contributed by atoms with Crippen LogP contribution in [-0.2, 0) is 4.79 Å². The van der Waals surface area contributed by atoms with Gasteiger partial charge < -0.3 is 10.2 Å². The van der Waals surface area contributed by atoms with Crippen LogP contribution in [0.15, 0.2) is 30.3 Å². The van der Waals surface area contributed by atoms with Gasteiger partial charge in [-0.3, -0.25) is 10.2 Å². The van der Waals surface area contributed by atoms with Gasteiger partial charge in [-0.15, -0.1) is 0 Å². The van der Waals surface area contributed by atoms with Crippen LogP contribution in [0.3, 0.4) is 0 Å². The number of carbonyl (C=O) groups is 1. The Kier molecular flexibility index (Phi) is 4.83. The Bertz CT molecular complexity index is 564. The van der Waals surface area contributed by atoms with Crippen molar-refractivity contribution < 1.29 is 4.79 Å². The number of benzene rings is 1. The summed E-state index contributed by atoms with van der Waals surface area (Å²) in [7, 11) is 0. The largest absolute Gasteiger partial charge is 0.341 e. The molecule has 3 N–H and O–H groups in total. The molecule has 0 saturated carbocycles. The molecule has 1 aromatic rings. The lowest BCUT2D eigenvalue weighted by Crippen LogP contribution is -2.50. The highest BCUT2D eigenvalue weighted by Gasteiger charge is 2.42. The second-order valence-electron chi connectivity index (χ2n) is 7.39. The van der Waals surface area contributed by atoms with Crippen LogP contribution in [0, 0.1) is 5.92 Å². The first-order chi connectivity index (χ1) is 11.8. The van der Waals surface area contributed by atoms with Crippen LogP contribution in [0.1, 0.15) is 37.2 Å². The van der Waals surface area contributed by atoms with Crippen LogP contribution in [0.5, 0.6) is 0 Å². The summed E-state index contributed by atoms with van der Waals surface area (Å²) in [6.07, 6.45) is 4.44. The van der Waals surface area contributed by atoms with Gasteiger partial charge in [0.25, 0.3) is 0 Å². The van der Waals surface area contributed by atoms with Gasteiger partial charge in [0.2, 0.25) is 5.91 Å². The summed E-state index contributed by atoms with van der Waals surface area (Å²) in [5.41, 5.74) is 8.04. The van der Waals surface area contributed by atoms with E-state index >= 15 is 0 Å². The molecule has 24 heavy (non-hydrogen) atoms. The maximum absolute atomic E-state index is 13.0. The average Bonchev–Trinajstić information content (AvgIpc) is 2.91. The second-order valence-corrected chi connectivity index (χ2v) is 7.39. The summed E-state index contributed by atoms with van der Waals surface area (Å²) >= 11 is 0. The first-order valence-electron chi connectivity index (χ1n) is 9.38. The second kappa shape index (κ2) is 7.21. The Balaban J connectivity index is 1.39. The van der Waals surface area contributed by atoms with Crippen LogP contribution < -0.4 is 16.2 Å². The molecule has 1 aromatic carbocycles. The third-order valence-corrected chi connectivity index (χ3v) is 5.96. The SMILES string of the molecule is O=C(C1NNC2CCNCC21)N1CCCC(c2ccccc2)CC1. The summed E-state index contributed by atoms with van der Waals surface area (Å²) in [5, 5.41) is 3.43. The van der Waals surface area contributed by atoms with Crippen molar-refractivity contribution in [3.8, 4) is 0 Å². The van der Waals surface area contributed by atoms with Gasteiger partial charge >= 0.3 is 0 Å². The van der Waals surface area contributed by atoms with Crippen LogP contribution >= 0.6 is 0 Å². The monoisotopic (exact) mass is 328 g/mol. The number of carbonyl (C=O) groups excluding carboxylic acids is 1. The number of fused-ring (bicyclic) bond motifs is 1. The molecule has 5 nitrogen and oxygen atoms in total. The van der Waals surface area contributed by atoms with Crippen molar-refractivity contribution >= 4 is 5.91 Å². The minimum Gasteiger partial charge on any atom is -0.341 e. The normalized spacial score (nSPS) is 33.8. The Hall–Kier alpha value is -1.43. The molecule has 3 aliphatic rings. The molecule has 4 unspecified atom stereocenters. The number of likely N-dealkylation sites (tertiary alicyclic amines) is 1. The highest BCUT2D eigenvalue weighted by Crippen LogP contribution is 2.29. The molecule has 3 aliphatic heterocycles. The van der Waals surface area contributed by atoms with E-state index in [4.69, 9.17) is 0 Å². The predicted molar refractivity (Wildman–Crippen MR) is 94.4 cm³/mol. The lowest BCUT2D eigenvalue weighted by atomic mass is 9.89. The number of hydrogen-bond donors (Lipinski definition) is 3. The van der Waals surface area contributed by atoms with Gasteiger partial charge in [-0.05, 0) is 43.7 Å². The fourth-order valence-electron chi connectivity index (χ4n) is 4.53. The zero-order valence-electron chi connectivity index (χ0n) is 14.2. The van der Waals surface area contributed by atoms with Crippen molar-refractivity contribution in [2.75, 3.05) is 26.2 Å². The predicted octanol–water partition coefficient (Wildman–Crippen LogP) is 1.24. The average molecular weight is 328 g/mol. The molecule has 3 saturated heterocycles. The van der Waals surface area contributed by atoms with Crippen LogP contribution in [0.25, 0.3) is 0 Å². The maximum atomic E-state index is 13.0. The van der Waals surface area contributed by atoms with Gasteiger partial charge in [0.1, 0.15) is 6.04 Å². The van der Waals surface area contributed by atoms with E-state index in [0.717, 1.165) is 45.4 Å². The third kappa shape index (κ3) is 3.21. The molecule has 0 aliphatic carbocycles. The zero-order valence-corrected chi connectivity index (χ0v) is 14.2. The highest BCUT2D eigenvalue weighted by atomic mass is 16.2. The number of hydrogen-bond acceptors (Lipinski definition) is 4. The van der Waals surface area contributed by atoms with E-state index in [2.05, 4.69) is 51.4 Å². The van der Waals surface area contributed by atoms with Gasteiger partial charge in [0, 0.05) is 31.6 Å². The number of amides is 1. The van der Waals surface area contributed by atoms with Gasteiger partial charge in [-0.25, -0.2) is 5.43 Å². The number of piperidine rings is 1. The van der Waals surface area contributed by atoms with Crippen molar-refractivity contribution in [1.29, 1.82) is 0 Å². The Labute approximate surface area is 144 Å².